The Morgan fingerprint density at radius 2 is 2.17 bits per heavy atom. The van der Waals surface area contributed by atoms with Crippen molar-refractivity contribution in [2.24, 2.45) is 5.92 Å². The summed E-state index contributed by atoms with van der Waals surface area (Å²) in [6.07, 6.45) is 7.52. The maximum atomic E-state index is 10.7. The van der Waals surface area contributed by atoms with Gasteiger partial charge in [-0.05, 0) is 31.2 Å². The number of carboxylic acid groups (broad SMARTS) is 1. The summed E-state index contributed by atoms with van der Waals surface area (Å²) in [6, 6.07) is 3.59. The van der Waals surface area contributed by atoms with E-state index in [1.807, 2.05) is 0 Å². The van der Waals surface area contributed by atoms with Crippen molar-refractivity contribution in [1.29, 1.82) is 0 Å². The van der Waals surface area contributed by atoms with Gasteiger partial charge in [0.1, 0.15) is 0 Å². The molecule has 2 N–H and O–H groups in total. The Balaban J connectivity index is 1.97. The second-order valence-corrected chi connectivity index (χ2v) is 5.03. The molecule has 0 aliphatic heterocycles. The number of aromatic carboxylic acids is 1. The molecule has 4 heteroatoms. The van der Waals surface area contributed by atoms with Gasteiger partial charge in [-0.1, -0.05) is 26.2 Å². The van der Waals surface area contributed by atoms with Crippen molar-refractivity contribution in [2.45, 2.75) is 51.5 Å². The van der Waals surface area contributed by atoms with Crippen LogP contribution in [0.5, 0.6) is 0 Å². The quantitative estimate of drug-likeness (QED) is 0.836. The second kappa shape index (κ2) is 5.94. The molecule has 0 aromatic carbocycles. The van der Waals surface area contributed by atoms with E-state index in [1.165, 1.54) is 38.2 Å². The van der Waals surface area contributed by atoms with Crippen LogP contribution in [0, 0.1) is 5.92 Å². The molecule has 18 heavy (non-hydrogen) atoms. The van der Waals surface area contributed by atoms with Crippen LogP contribution in [0.3, 0.4) is 0 Å². The number of anilines is 1. The fraction of sp³-hybridized carbons (Fsp3) is 0.643. The monoisotopic (exact) mass is 251 g/mol. The van der Waals surface area contributed by atoms with Crippen LogP contribution >= 0.6 is 0 Å². The molecule has 2 rings (SSSR count). The highest BCUT2D eigenvalue weighted by atomic mass is 16.4. The second-order valence-electron chi connectivity index (χ2n) is 5.03. The van der Waals surface area contributed by atoms with Gasteiger partial charge in [0.25, 0.3) is 0 Å². The number of hydrogen-bond donors (Lipinski definition) is 2. The molecular formula is C14H21NO3. The Hall–Kier alpha value is -1.45. The SMILES string of the molecule is CCC(Nc1ccc(C(=O)O)o1)C1CCCCC1. The third-order valence-electron chi connectivity index (χ3n) is 3.80. The zero-order chi connectivity index (χ0) is 13.0. The first kappa shape index (κ1) is 13.0. The first-order valence-electron chi connectivity index (χ1n) is 6.80. The minimum atomic E-state index is -1.02. The van der Waals surface area contributed by atoms with Crippen molar-refractivity contribution in [2.75, 3.05) is 5.32 Å². The van der Waals surface area contributed by atoms with Crippen LogP contribution in [0.25, 0.3) is 0 Å². The molecule has 1 saturated carbocycles. The average Bonchev–Trinajstić information content (AvgIpc) is 2.86. The molecule has 1 atom stereocenters. The molecule has 0 radical (unpaired) electrons. The number of furan rings is 1. The van der Waals surface area contributed by atoms with Crippen LogP contribution in [0.2, 0.25) is 0 Å². The van der Waals surface area contributed by atoms with Crippen molar-refractivity contribution in [3.8, 4) is 0 Å². The summed E-state index contributed by atoms with van der Waals surface area (Å²) >= 11 is 0. The largest absolute Gasteiger partial charge is 0.475 e. The Kier molecular flexibility index (Phi) is 4.28. The molecule has 1 aliphatic rings. The van der Waals surface area contributed by atoms with E-state index < -0.39 is 5.97 Å². The third-order valence-corrected chi connectivity index (χ3v) is 3.80. The molecule has 1 aromatic heterocycles. The lowest BCUT2D eigenvalue weighted by atomic mass is 9.83. The zero-order valence-corrected chi connectivity index (χ0v) is 10.8. The summed E-state index contributed by atoms with van der Waals surface area (Å²) in [7, 11) is 0. The van der Waals surface area contributed by atoms with Crippen LogP contribution < -0.4 is 5.32 Å². The number of rotatable bonds is 5. The predicted molar refractivity (Wildman–Crippen MR) is 69.9 cm³/mol. The van der Waals surface area contributed by atoms with E-state index >= 15 is 0 Å². The van der Waals surface area contributed by atoms with Gasteiger partial charge in [-0.3, -0.25) is 0 Å². The van der Waals surface area contributed by atoms with Crippen LogP contribution in [0.4, 0.5) is 5.88 Å². The van der Waals surface area contributed by atoms with E-state index in [0.29, 0.717) is 17.8 Å². The minimum absolute atomic E-state index is 0.00371. The van der Waals surface area contributed by atoms with Gasteiger partial charge in [0, 0.05) is 12.1 Å². The molecule has 100 valence electrons. The van der Waals surface area contributed by atoms with Gasteiger partial charge < -0.3 is 14.8 Å². The van der Waals surface area contributed by atoms with Crippen molar-refractivity contribution in [3.05, 3.63) is 17.9 Å². The van der Waals surface area contributed by atoms with Crippen molar-refractivity contribution < 1.29 is 14.3 Å². The van der Waals surface area contributed by atoms with Gasteiger partial charge in [0.15, 0.2) is 5.88 Å². The molecule has 1 unspecified atom stereocenters. The molecule has 0 amide bonds. The van der Waals surface area contributed by atoms with E-state index in [0.717, 1.165) is 6.42 Å². The smallest absolute Gasteiger partial charge is 0.371 e. The summed E-state index contributed by atoms with van der Waals surface area (Å²) in [4.78, 5) is 10.7. The highest BCUT2D eigenvalue weighted by Crippen LogP contribution is 2.29. The van der Waals surface area contributed by atoms with Crippen molar-refractivity contribution in [1.82, 2.24) is 0 Å². The number of carbonyl (C=O) groups is 1. The van der Waals surface area contributed by atoms with E-state index in [-0.39, 0.29) is 5.76 Å². The maximum absolute atomic E-state index is 10.7. The molecule has 1 heterocycles. The number of hydrogen-bond acceptors (Lipinski definition) is 3. The Labute approximate surface area is 107 Å². The molecule has 4 nitrogen and oxygen atoms in total. The lowest BCUT2D eigenvalue weighted by Crippen LogP contribution is -2.29. The topological polar surface area (TPSA) is 62.5 Å². The molecule has 1 aromatic rings. The standard InChI is InChI=1S/C14H21NO3/c1-2-11(10-6-4-3-5-7-10)15-13-9-8-12(18-13)14(16)17/h8-11,15H,2-7H2,1H3,(H,16,17). The van der Waals surface area contributed by atoms with Gasteiger partial charge in [-0.15, -0.1) is 0 Å². The van der Waals surface area contributed by atoms with Gasteiger partial charge in [0.2, 0.25) is 5.76 Å². The van der Waals surface area contributed by atoms with Crippen molar-refractivity contribution >= 4 is 11.9 Å². The summed E-state index contributed by atoms with van der Waals surface area (Å²) in [5.41, 5.74) is 0. The molecule has 0 spiro atoms. The van der Waals surface area contributed by atoms with E-state index in [9.17, 15) is 4.79 Å². The lowest BCUT2D eigenvalue weighted by Gasteiger charge is -2.30. The maximum Gasteiger partial charge on any atom is 0.371 e. The first-order valence-corrected chi connectivity index (χ1v) is 6.80. The molecule has 1 aliphatic carbocycles. The number of carboxylic acids is 1. The normalized spacial score (nSPS) is 18.5. The lowest BCUT2D eigenvalue weighted by molar-refractivity contribution is 0.0663. The van der Waals surface area contributed by atoms with Gasteiger partial charge >= 0.3 is 5.97 Å². The van der Waals surface area contributed by atoms with Crippen LogP contribution in [-0.2, 0) is 0 Å². The molecular weight excluding hydrogens is 230 g/mol. The first-order chi connectivity index (χ1) is 8.70. The number of nitrogens with one attached hydrogen (secondary N) is 1. The molecule has 0 saturated heterocycles. The highest BCUT2D eigenvalue weighted by molar-refractivity contribution is 5.84. The predicted octanol–water partition coefficient (Wildman–Crippen LogP) is 3.75. The third kappa shape index (κ3) is 3.06. The highest BCUT2D eigenvalue weighted by Gasteiger charge is 2.23. The minimum Gasteiger partial charge on any atom is -0.475 e. The Bertz CT molecular complexity index is 393. The van der Waals surface area contributed by atoms with Crippen molar-refractivity contribution in [3.63, 3.8) is 0 Å². The fourth-order valence-corrected chi connectivity index (χ4v) is 2.80. The summed E-state index contributed by atoms with van der Waals surface area (Å²) in [5.74, 6) is 0.233. The van der Waals surface area contributed by atoms with Crippen LogP contribution in [-0.4, -0.2) is 17.1 Å². The van der Waals surface area contributed by atoms with Crippen LogP contribution in [0.1, 0.15) is 56.0 Å². The van der Waals surface area contributed by atoms with E-state index in [2.05, 4.69) is 12.2 Å². The zero-order valence-electron chi connectivity index (χ0n) is 10.8. The van der Waals surface area contributed by atoms with E-state index in [1.54, 1.807) is 6.07 Å². The molecule has 0 bridgehead atoms. The summed E-state index contributed by atoms with van der Waals surface area (Å²) < 4.78 is 5.26. The van der Waals surface area contributed by atoms with Gasteiger partial charge in [-0.25, -0.2) is 4.79 Å². The fourth-order valence-electron chi connectivity index (χ4n) is 2.80. The van der Waals surface area contributed by atoms with Gasteiger partial charge in [-0.2, -0.15) is 0 Å². The molecule has 1 fully saturated rings. The summed E-state index contributed by atoms with van der Waals surface area (Å²) in [5, 5.41) is 12.2. The Morgan fingerprint density at radius 1 is 1.44 bits per heavy atom. The van der Waals surface area contributed by atoms with Gasteiger partial charge in [0.05, 0.1) is 0 Å². The average molecular weight is 251 g/mol. The van der Waals surface area contributed by atoms with Crippen LogP contribution in [0.15, 0.2) is 16.5 Å². The summed E-state index contributed by atoms with van der Waals surface area (Å²) in [6.45, 7) is 2.16. The Morgan fingerprint density at radius 3 is 2.72 bits per heavy atom. The van der Waals surface area contributed by atoms with E-state index in [4.69, 9.17) is 9.52 Å².